The number of nitrogens with zero attached hydrogens (tertiary/aromatic N) is 3. The molecule has 9 heteroatoms. The fourth-order valence-corrected chi connectivity index (χ4v) is 3.03. The maximum absolute atomic E-state index is 12.7. The molecule has 0 bridgehead atoms. The summed E-state index contributed by atoms with van der Waals surface area (Å²) in [5, 5.41) is 6.35. The monoisotopic (exact) mass is 417 g/mol. The van der Waals surface area contributed by atoms with Gasteiger partial charge in [0.15, 0.2) is 0 Å². The molecule has 1 aromatic carbocycles. The van der Waals surface area contributed by atoms with Crippen LogP contribution in [0.15, 0.2) is 36.7 Å². The van der Waals surface area contributed by atoms with Gasteiger partial charge in [-0.25, -0.2) is 14.8 Å². The van der Waals surface area contributed by atoms with Gasteiger partial charge in [0.2, 0.25) is 5.95 Å². The minimum absolute atomic E-state index is 0.0601. The average molecular weight is 418 g/mol. The summed E-state index contributed by atoms with van der Waals surface area (Å²) < 4.78 is 5.22. The van der Waals surface area contributed by atoms with Crippen LogP contribution in [0.4, 0.5) is 16.4 Å². The van der Waals surface area contributed by atoms with Gasteiger partial charge in [0, 0.05) is 30.4 Å². The summed E-state index contributed by atoms with van der Waals surface area (Å²) in [4.78, 5) is 34.6. The van der Waals surface area contributed by atoms with Crippen molar-refractivity contribution in [2.75, 3.05) is 23.7 Å². The molecule has 0 aliphatic carbocycles. The van der Waals surface area contributed by atoms with Crippen LogP contribution in [0.1, 0.15) is 37.6 Å². The number of aromatic nitrogens is 2. The number of halogens is 1. The van der Waals surface area contributed by atoms with Crippen molar-refractivity contribution >= 4 is 35.2 Å². The molecule has 1 saturated heterocycles. The Labute approximate surface area is 174 Å². The highest BCUT2D eigenvalue weighted by Crippen LogP contribution is 2.19. The number of amides is 2. The lowest BCUT2D eigenvalue weighted by Crippen LogP contribution is -2.31. The van der Waals surface area contributed by atoms with Crippen molar-refractivity contribution in [3.63, 3.8) is 0 Å². The van der Waals surface area contributed by atoms with E-state index in [-0.39, 0.29) is 11.9 Å². The van der Waals surface area contributed by atoms with E-state index >= 15 is 0 Å². The molecule has 1 fully saturated rings. The number of hydrogen-bond donors (Lipinski definition) is 2. The predicted molar refractivity (Wildman–Crippen MR) is 111 cm³/mol. The standard InChI is InChI=1S/C20H24ClN5O3/c1-20(2,3)29-19(28)25-15-6-4-13(5-7-15)17(27)26-9-8-16(12-26)24-18-22-10-14(21)11-23-18/h4-7,10-11,16H,8-9,12H2,1-3H3,(H,25,28)(H,22,23,24)/t16-/m1/s1. The van der Waals surface area contributed by atoms with E-state index in [0.29, 0.717) is 35.3 Å². The molecule has 1 aliphatic rings. The van der Waals surface area contributed by atoms with Crippen LogP contribution in [0.25, 0.3) is 0 Å². The Morgan fingerprint density at radius 1 is 1.17 bits per heavy atom. The largest absolute Gasteiger partial charge is 0.444 e. The van der Waals surface area contributed by atoms with Crippen LogP contribution >= 0.6 is 11.6 Å². The first-order valence-electron chi connectivity index (χ1n) is 9.33. The number of ether oxygens (including phenoxy) is 1. The smallest absolute Gasteiger partial charge is 0.412 e. The molecule has 1 aliphatic heterocycles. The molecule has 3 rings (SSSR count). The van der Waals surface area contributed by atoms with Gasteiger partial charge in [0.1, 0.15) is 5.60 Å². The molecule has 0 spiro atoms. The van der Waals surface area contributed by atoms with E-state index in [1.54, 1.807) is 49.9 Å². The van der Waals surface area contributed by atoms with E-state index in [1.807, 2.05) is 0 Å². The highest BCUT2D eigenvalue weighted by atomic mass is 35.5. The van der Waals surface area contributed by atoms with Gasteiger partial charge in [-0.15, -0.1) is 0 Å². The van der Waals surface area contributed by atoms with Crippen LogP contribution in [0.2, 0.25) is 5.02 Å². The molecule has 2 amide bonds. The molecular weight excluding hydrogens is 394 g/mol. The van der Waals surface area contributed by atoms with Crippen molar-refractivity contribution in [2.24, 2.45) is 0 Å². The van der Waals surface area contributed by atoms with E-state index in [4.69, 9.17) is 16.3 Å². The van der Waals surface area contributed by atoms with Crippen molar-refractivity contribution in [3.8, 4) is 0 Å². The second kappa shape index (κ2) is 8.65. The molecule has 2 N–H and O–H groups in total. The van der Waals surface area contributed by atoms with Gasteiger partial charge in [-0.1, -0.05) is 11.6 Å². The summed E-state index contributed by atoms with van der Waals surface area (Å²) in [5.41, 5.74) is 0.553. The molecule has 1 atom stereocenters. The van der Waals surface area contributed by atoms with Crippen LogP contribution < -0.4 is 10.6 Å². The van der Waals surface area contributed by atoms with Gasteiger partial charge < -0.3 is 15.0 Å². The second-order valence-corrected chi connectivity index (χ2v) is 8.25. The van der Waals surface area contributed by atoms with Gasteiger partial charge in [0.05, 0.1) is 17.4 Å². The van der Waals surface area contributed by atoms with Crippen LogP contribution in [-0.2, 0) is 4.74 Å². The maximum atomic E-state index is 12.7. The van der Waals surface area contributed by atoms with Crippen LogP contribution in [0, 0.1) is 0 Å². The number of anilines is 2. The third-order valence-electron chi connectivity index (χ3n) is 4.21. The summed E-state index contributed by atoms with van der Waals surface area (Å²) in [6.45, 7) is 6.59. The fraction of sp³-hybridized carbons (Fsp3) is 0.400. The Balaban J connectivity index is 1.54. The topological polar surface area (TPSA) is 96.5 Å². The Hall–Kier alpha value is -2.87. The van der Waals surface area contributed by atoms with E-state index in [9.17, 15) is 9.59 Å². The van der Waals surface area contributed by atoms with Gasteiger partial charge in [0.25, 0.3) is 5.91 Å². The first-order valence-corrected chi connectivity index (χ1v) is 9.71. The van der Waals surface area contributed by atoms with E-state index in [1.165, 1.54) is 12.4 Å². The summed E-state index contributed by atoms with van der Waals surface area (Å²) in [5.74, 6) is 0.432. The van der Waals surface area contributed by atoms with Crippen LogP contribution in [-0.4, -0.2) is 51.6 Å². The van der Waals surface area contributed by atoms with E-state index in [0.717, 1.165) is 6.42 Å². The maximum Gasteiger partial charge on any atom is 0.412 e. The third-order valence-corrected chi connectivity index (χ3v) is 4.40. The lowest BCUT2D eigenvalue weighted by atomic mass is 10.2. The molecule has 0 saturated carbocycles. The lowest BCUT2D eigenvalue weighted by Gasteiger charge is -2.20. The lowest BCUT2D eigenvalue weighted by molar-refractivity contribution is 0.0635. The molecule has 2 aromatic rings. The fourth-order valence-electron chi connectivity index (χ4n) is 2.93. The normalized spacial score (nSPS) is 16.4. The third kappa shape index (κ3) is 6.05. The van der Waals surface area contributed by atoms with Gasteiger partial charge >= 0.3 is 6.09 Å². The zero-order valence-electron chi connectivity index (χ0n) is 16.6. The second-order valence-electron chi connectivity index (χ2n) is 7.81. The number of carbonyl (C=O) groups excluding carboxylic acids is 2. The number of likely N-dealkylation sites (tertiary alicyclic amines) is 1. The molecule has 0 unspecified atom stereocenters. The van der Waals surface area contributed by atoms with Crippen LogP contribution in [0.3, 0.4) is 0 Å². The van der Waals surface area contributed by atoms with Crippen molar-refractivity contribution in [3.05, 3.63) is 47.2 Å². The Morgan fingerprint density at radius 3 is 2.45 bits per heavy atom. The predicted octanol–water partition coefficient (Wildman–Crippen LogP) is 3.80. The SMILES string of the molecule is CC(C)(C)OC(=O)Nc1ccc(C(=O)N2CC[C@@H](Nc3ncc(Cl)cn3)C2)cc1. The Bertz CT molecular complexity index is 865. The summed E-state index contributed by atoms with van der Waals surface area (Å²) in [7, 11) is 0. The number of carbonyl (C=O) groups is 2. The minimum Gasteiger partial charge on any atom is -0.444 e. The van der Waals surface area contributed by atoms with Crippen molar-refractivity contribution < 1.29 is 14.3 Å². The molecule has 1 aromatic heterocycles. The van der Waals surface area contributed by atoms with Crippen molar-refractivity contribution in [2.45, 2.75) is 38.8 Å². The van der Waals surface area contributed by atoms with E-state index < -0.39 is 11.7 Å². The van der Waals surface area contributed by atoms with Gasteiger partial charge in [-0.05, 0) is 51.5 Å². The molecule has 154 valence electrons. The summed E-state index contributed by atoms with van der Waals surface area (Å²) in [6, 6.07) is 6.83. The first-order chi connectivity index (χ1) is 13.7. The van der Waals surface area contributed by atoms with Crippen molar-refractivity contribution in [1.82, 2.24) is 14.9 Å². The number of benzene rings is 1. The quantitative estimate of drug-likeness (QED) is 0.785. The summed E-state index contributed by atoms with van der Waals surface area (Å²) in [6.07, 6.45) is 3.33. The van der Waals surface area contributed by atoms with Gasteiger partial charge in [-0.3, -0.25) is 10.1 Å². The molecule has 2 heterocycles. The zero-order valence-corrected chi connectivity index (χ0v) is 17.4. The molecule has 8 nitrogen and oxygen atoms in total. The van der Waals surface area contributed by atoms with E-state index in [2.05, 4.69) is 20.6 Å². The number of hydrogen-bond acceptors (Lipinski definition) is 6. The Morgan fingerprint density at radius 2 is 1.83 bits per heavy atom. The highest BCUT2D eigenvalue weighted by Gasteiger charge is 2.27. The highest BCUT2D eigenvalue weighted by molar-refractivity contribution is 6.30. The molecule has 0 radical (unpaired) electrons. The summed E-state index contributed by atoms with van der Waals surface area (Å²) >= 11 is 5.79. The minimum atomic E-state index is -0.572. The van der Waals surface area contributed by atoms with Crippen LogP contribution in [0.5, 0.6) is 0 Å². The molecular formula is C20H24ClN5O3. The number of rotatable bonds is 4. The van der Waals surface area contributed by atoms with Gasteiger partial charge in [-0.2, -0.15) is 0 Å². The Kier molecular flexibility index (Phi) is 6.22. The average Bonchev–Trinajstić information content (AvgIpc) is 3.10. The number of nitrogens with one attached hydrogen (secondary N) is 2. The van der Waals surface area contributed by atoms with Crippen molar-refractivity contribution in [1.29, 1.82) is 0 Å². The zero-order chi connectivity index (χ0) is 21.0. The first kappa shape index (κ1) is 20.9. The molecule has 29 heavy (non-hydrogen) atoms.